The van der Waals surface area contributed by atoms with Crippen LogP contribution in [0.25, 0.3) is 0 Å². The van der Waals surface area contributed by atoms with Gasteiger partial charge in [-0.05, 0) is 12.5 Å². The normalized spacial score (nSPS) is 25.7. The van der Waals surface area contributed by atoms with Crippen molar-refractivity contribution in [3.8, 4) is 5.88 Å². The number of hydrogen-bond donors (Lipinski definition) is 0. The lowest BCUT2D eigenvalue weighted by molar-refractivity contribution is -0.0761. The number of amides is 1. The van der Waals surface area contributed by atoms with Crippen LogP contribution in [0.4, 0.5) is 13.6 Å². The molecule has 1 aromatic heterocycles. The summed E-state index contributed by atoms with van der Waals surface area (Å²) < 4.78 is 58.2. The Kier molecular flexibility index (Phi) is 4.86. The third-order valence-electron chi connectivity index (χ3n) is 4.08. The quantitative estimate of drug-likeness (QED) is 0.765. The van der Waals surface area contributed by atoms with Gasteiger partial charge in [-0.2, -0.15) is 4.31 Å². The van der Waals surface area contributed by atoms with Crippen molar-refractivity contribution in [1.82, 2.24) is 14.2 Å². The highest BCUT2D eigenvalue weighted by Gasteiger charge is 2.47. The Hall–Kier alpha value is -1.52. The highest BCUT2D eigenvalue weighted by atomic mass is 35.5. The minimum Gasteiger partial charge on any atom is -0.391 e. The molecule has 3 rings (SSSR count). The summed E-state index contributed by atoms with van der Waals surface area (Å²) in [6.45, 7) is -0.796. The lowest BCUT2D eigenvalue weighted by atomic mass is 10.0. The predicted molar refractivity (Wildman–Crippen MR) is 85.3 cm³/mol. The molecule has 2 saturated heterocycles. The largest absolute Gasteiger partial charge is 0.416 e. The third kappa shape index (κ3) is 4.18. The molecule has 0 aromatic carbocycles. The lowest BCUT2D eigenvalue weighted by Crippen LogP contribution is -2.57. The molecule has 0 aliphatic carbocycles. The van der Waals surface area contributed by atoms with E-state index in [4.69, 9.17) is 16.3 Å². The van der Waals surface area contributed by atoms with Crippen molar-refractivity contribution in [2.24, 2.45) is 0 Å². The molecule has 7 nitrogen and oxygen atoms in total. The minimum atomic E-state index is -3.56. The van der Waals surface area contributed by atoms with E-state index in [1.54, 1.807) is 0 Å². The van der Waals surface area contributed by atoms with Crippen LogP contribution in [0.1, 0.15) is 12.8 Å². The van der Waals surface area contributed by atoms with Gasteiger partial charge < -0.3 is 9.64 Å². The maximum atomic E-state index is 14.1. The number of alkyl halides is 2. The van der Waals surface area contributed by atoms with E-state index in [1.165, 1.54) is 18.3 Å². The first-order valence-electron chi connectivity index (χ1n) is 7.62. The molecule has 0 unspecified atom stereocenters. The minimum absolute atomic E-state index is 0.0613. The molecule has 11 heteroatoms. The van der Waals surface area contributed by atoms with Gasteiger partial charge in [0.05, 0.1) is 17.3 Å². The van der Waals surface area contributed by atoms with E-state index in [0.29, 0.717) is 11.4 Å². The first-order valence-corrected chi connectivity index (χ1v) is 9.61. The smallest absolute Gasteiger partial charge is 0.391 e. The van der Waals surface area contributed by atoms with E-state index in [-0.39, 0.29) is 24.7 Å². The second kappa shape index (κ2) is 6.65. The Morgan fingerprint density at radius 1 is 1.40 bits per heavy atom. The van der Waals surface area contributed by atoms with Gasteiger partial charge >= 0.3 is 6.09 Å². The zero-order chi connectivity index (χ0) is 18.2. The van der Waals surface area contributed by atoms with Gasteiger partial charge in [0.1, 0.15) is 0 Å². The number of rotatable bonds is 2. The molecule has 0 saturated carbocycles. The average Bonchev–Trinajstić information content (AvgIpc) is 2.87. The molecule has 0 N–H and O–H groups in total. The number of carbonyl (C=O) groups is 1. The van der Waals surface area contributed by atoms with Crippen LogP contribution in [0.3, 0.4) is 0 Å². The van der Waals surface area contributed by atoms with Gasteiger partial charge in [0.15, 0.2) is 0 Å². The monoisotopic (exact) mass is 395 g/mol. The number of hydrogen-bond acceptors (Lipinski definition) is 5. The van der Waals surface area contributed by atoms with Crippen LogP contribution in [-0.2, 0) is 10.0 Å². The number of ether oxygens (including phenoxy) is 1. The molecular weight excluding hydrogens is 380 g/mol. The number of halogens is 3. The molecule has 2 aliphatic heterocycles. The summed E-state index contributed by atoms with van der Waals surface area (Å²) >= 11 is 5.68. The van der Waals surface area contributed by atoms with Crippen molar-refractivity contribution in [2.75, 3.05) is 25.4 Å². The van der Waals surface area contributed by atoms with E-state index < -0.39 is 41.0 Å². The molecule has 3 heterocycles. The fraction of sp³-hybridized carbons (Fsp3) is 0.571. The van der Waals surface area contributed by atoms with E-state index in [0.717, 1.165) is 9.21 Å². The Morgan fingerprint density at radius 3 is 2.76 bits per heavy atom. The molecule has 0 bridgehead atoms. The summed E-state index contributed by atoms with van der Waals surface area (Å²) in [4.78, 5) is 16.8. The fourth-order valence-corrected chi connectivity index (χ4v) is 4.89. The second-order valence-corrected chi connectivity index (χ2v) is 8.53. The number of aromatic nitrogens is 1. The van der Waals surface area contributed by atoms with Crippen LogP contribution in [0, 0.1) is 0 Å². The zero-order valence-electron chi connectivity index (χ0n) is 13.1. The van der Waals surface area contributed by atoms with E-state index in [2.05, 4.69) is 4.98 Å². The van der Waals surface area contributed by atoms with Gasteiger partial charge in [0.25, 0.3) is 5.92 Å². The van der Waals surface area contributed by atoms with Gasteiger partial charge in [-0.3, -0.25) is 0 Å². The van der Waals surface area contributed by atoms with Crippen molar-refractivity contribution >= 4 is 27.7 Å². The van der Waals surface area contributed by atoms with Crippen molar-refractivity contribution in [3.05, 3.63) is 23.4 Å². The Bertz CT molecular complexity index is 760. The van der Waals surface area contributed by atoms with Crippen LogP contribution < -0.4 is 4.74 Å². The van der Waals surface area contributed by atoms with Crippen LogP contribution in [0.5, 0.6) is 5.88 Å². The first kappa shape index (κ1) is 18.3. The molecule has 1 amide bonds. The van der Waals surface area contributed by atoms with Gasteiger partial charge in [-0.25, -0.2) is 27.0 Å². The van der Waals surface area contributed by atoms with Crippen LogP contribution >= 0.6 is 11.6 Å². The van der Waals surface area contributed by atoms with Gasteiger partial charge in [0, 0.05) is 37.8 Å². The van der Waals surface area contributed by atoms with Crippen molar-refractivity contribution < 1.29 is 26.7 Å². The Morgan fingerprint density at radius 2 is 2.16 bits per heavy atom. The highest BCUT2D eigenvalue weighted by molar-refractivity contribution is 7.89. The topological polar surface area (TPSA) is 79.8 Å². The number of sulfonamides is 1. The van der Waals surface area contributed by atoms with Crippen molar-refractivity contribution in [2.45, 2.75) is 24.8 Å². The number of nitrogens with zero attached hydrogens (tertiary/aromatic N) is 3. The van der Waals surface area contributed by atoms with E-state index in [1.807, 2.05) is 0 Å². The molecule has 2 fully saturated rings. The van der Waals surface area contributed by atoms with E-state index >= 15 is 0 Å². The average molecular weight is 396 g/mol. The summed E-state index contributed by atoms with van der Waals surface area (Å²) in [6.07, 6.45) is 0.0312. The summed E-state index contributed by atoms with van der Waals surface area (Å²) in [5.74, 6) is -3.34. The first-order chi connectivity index (χ1) is 11.7. The molecule has 25 heavy (non-hydrogen) atoms. The van der Waals surface area contributed by atoms with Crippen LogP contribution in [-0.4, -0.2) is 66.1 Å². The van der Waals surface area contributed by atoms with Gasteiger partial charge in [0.2, 0.25) is 15.9 Å². The van der Waals surface area contributed by atoms with Crippen molar-refractivity contribution in [1.29, 1.82) is 0 Å². The lowest BCUT2D eigenvalue weighted by Gasteiger charge is -2.39. The summed E-state index contributed by atoms with van der Waals surface area (Å²) in [7, 11) is -3.56. The predicted octanol–water partition coefficient (Wildman–Crippen LogP) is 1.98. The maximum absolute atomic E-state index is 14.1. The molecule has 2 aliphatic rings. The van der Waals surface area contributed by atoms with Crippen LogP contribution in [0.2, 0.25) is 5.02 Å². The highest BCUT2D eigenvalue weighted by Crippen LogP contribution is 2.32. The summed E-state index contributed by atoms with van der Waals surface area (Å²) in [6, 6.07) is 1.81. The van der Waals surface area contributed by atoms with Gasteiger partial charge in [-0.15, -0.1) is 0 Å². The molecule has 138 valence electrons. The molecular formula is C14H16ClF2N3O4S. The van der Waals surface area contributed by atoms with Crippen molar-refractivity contribution in [3.63, 3.8) is 0 Å². The summed E-state index contributed by atoms with van der Waals surface area (Å²) in [5, 5.41) is 0.337. The Labute approximate surface area is 148 Å². The number of carbonyl (C=O) groups excluding carboxylic acids is 1. The SMILES string of the molecule is O=C(Oc1ccc(Cl)cn1)N1C[C@H](N2CCCS2(=O)=O)CC(F)(F)C1. The molecule has 0 radical (unpaired) electrons. The summed E-state index contributed by atoms with van der Waals surface area (Å²) in [5.41, 5.74) is 0. The number of pyridine rings is 1. The fourth-order valence-electron chi connectivity index (χ4n) is 3.05. The third-order valence-corrected chi connectivity index (χ3v) is 6.31. The molecule has 1 atom stereocenters. The Balaban J connectivity index is 1.74. The van der Waals surface area contributed by atoms with Gasteiger partial charge in [-0.1, -0.05) is 11.6 Å². The molecule has 0 spiro atoms. The van der Waals surface area contributed by atoms with E-state index in [9.17, 15) is 22.0 Å². The molecule has 1 aromatic rings. The maximum Gasteiger partial charge on any atom is 0.416 e. The van der Waals surface area contributed by atoms with Crippen LogP contribution in [0.15, 0.2) is 18.3 Å². The second-order valence-electron chi connectivity index (χ2n) is 6.06. The number of likely N-dealkylation sites (tertiary alicyclic amines) is 1. The standard InChI is InChI=1S/C14H16ClF2N3O4S/c15-10-2-3-12(18-7-10)24-13(21)19-8-11(6-14(16,17)9-19)20-4-1-5-25(20,22)23/h2-3,7,11H,1,4-6,8-9H2/t11-/m1/s1. The number of piperidine rings is 1. The zero-order valence-corrected chi connectivity index (χ0v) is 14.6.